The molecule has 3 heterocycles. The van der Waals surface area contributed by atoms with E-state index in [1.165, 1.54) is 10.6 Å². The number of hydrogen-bond donors (Lipinski definition) is 3. The van der Waals surface area contributed by atoms with Gasteiger partial charge in [0, 0.05) is 39.4 Å². The second kappa shape index (κ2) is 10.7. The van der Waals surface area contributed by atoms with E-state index in [1.54, 1.807) is 35.0 Å². The molecule has 0 unspecified atom stereocenters. The summed E-state index contributed by atoms with van der Waals surface area (Å²) in [5.74, 6) is -0.0373. The highest BCUT2D eigenvalue weighted by atomic mass is 28.3. The fourth-order valence-corrected chi connectivity index (χ4v) is 5.99. The van der Waals surface area contributed by atoms with E-state index in [-0.39, 0.29) is 41.4 Å². The van der Waals surface area contributed by atoms with Gasteiger partial charge in [-0.15, -0.1) is 0 Å². The first kappa shape index (κ1) is 27.3. The Balaban J connectivity index is 1.54. The number of nitrogens with one attached hydrogen (secondary N) is 1. The minimum absolute atomic E-state index is 0.0339. The Bertz CT molecular complexity index is 1620. The second-order valence-electron chi connectivity index (χ2n) is 11.7. The van der Waals surface area contributed by atoms with Gasteiger partial charge in [-0.3, -0.25) is 28.8 Å². The summed E-state index contributed by atoms with van der Waals surface area (Å²) < 4.78 is 8.97. The molecule has 11 heteroatoms. The second-order valence-corrected chi connectivity index (χ2v) is 17.3. The topological polar surface area (TPSA) is 126 Å². The highest BCUT2D eigenvalue weighted by molar-refractivity contribution is 6.76. The van der Waals surface area contributed by atoms with E-state index >= 15 is 0 Å². The number of aromatic hydroxyl groups is 1. The first-order valence-electron chi connectivity index (χ1n) is 13.5. The molecular formula is C28H37N5O5Si. The Labute approximate surface area is 227 Å². The summed E-state index contributed by atoms with van der Waals surface area (Å²) in [5.41, 5.74) is 1.37. The average Bonchev–Trinajstić information content (AvgIpc) is 3.38. The first-order chi connectivity index (χ1) is 18.5. The Morgan fingerprint density at radius 1 is 1.10 bits per heavy atom. The lowest BCUT2D eigenvalue weighted by molar-refractivity contribution is 0.0878. The normalized spacial score (nSPS) is 18.5. The SMILES string of the molecule is C[C@@H]1C[C@@H](O)CN1CCn1[nH]c2c(-c3nc4c(O)cccc4n(COCC[Si](C)(C)C)c3=O)cccc2c1=O. The molecule has 39 heavy (non-hydrogen) atoms. The van der Waals surface area contributed by atoms with E-state index in [9.17, 15) is 19.8 Å². The molecule has 10 nitrogen and oxygen atoms in total. The summed E-state index contributed by atoms with van der Waals surface area (Å²) in [6.45, 7) is 11.1. The van der Waals surface area contributed by atoms with Crippen molar-refractivity contribution in [1.82, 2.24) is 24.2 Å². The van der Waals surface area contributed by atoms with Crippen LogP contribution in [0.4, 0.5) is 0 Å². The maximum atomic E-state index is 13.8. The molecular weight excluding hydrogens is 514 g/mol. The Kier molecular flexibility index (Phi) is 7.51. The largest absolute Gasteiger partial charge is 0.506 e. The Morgan fingerprint density at radius 3 is 2.59 bits per heavy atom. The van der Waals surface area contributed by atoms with Crippen molar-refractivity contribution in [3.63, 3.8) is 0 Å². The van der Waals surface area contributed by atoms with Gasteiger partial charge in [0.05, 0.1) is 29.1 Å². The third kappa shape index (κ3) is 5.58. The number of aromatic amines is 1. The summed E-state index contributed by atoms with van der Waals surface area (Å²) in [6, 6.07) is 11.4. The van der Waals surface area contributed by atoms with Gasteiger partial charge in [-0.1, -0.05) is 37.8 Å². The Morgan fingerprint density at radius 2 is 1.87 bits per heavy atom. The van der Waals surface area contributed by atoms with Crippen molar-refractivity contribution in [3.8, 4) is 17.0 Å². The zero-order valence-electron chi connectivity index (χ0n) is 23.0. The average molecular weight is 552 g/mol. The molecule has 2 atom stereocenters. The molecule has 208 valence electrons. The molecule has 1 aliphatic rings. The number of hydrogen-bond acceptors (Lipinski definition) is 7. The zero-order valence-corrected chi connectivity index (χ0v) is 24.0. The number of fused-ring (bicyclic) bond motifs is 2. The van der Waals surface area contributed by atoms with E-state index in [1.807, 2.05) is 0 Å². The van der Waals surface area contributed by atoms with Gasteiger partial charge >= 0.3 is 0 Å². The quantitative estimate of drug-likeness (QED) is 0.215. The van der Waals surface area contributed by atoms with Gasteiger partial charge < -0.3 is 14.9 Å². The standard InChI is InChI=1S/C28H37N5O5Si/c1-18-15-19(34)16-31(18)11-12-33-27(36)21-8-5-7-20(24(21)30-33)25-28(37)32(17-38-13-14-39(2,3)4)22-9-6-10-23(35)26(22)29-25/h5-10,18-19,30,34-35H,11-17H2,1-4H3/t18-,19-/m1/s1. The van der Waals surface area contributed by atoms with E-state index in [0.717, 1.165) is 12.5 Å². The molecule has 4 aromatic rings. The lowest BCUT2D eigenvalue weighted by Gasteiger charge is -2.20. The van der Waals surface area contributed by atoms with Crippen LogP contribution in [0.5, 0.6) is 5.75 Å². The molecule has 1 fully saturated rings. The first-order valence-corrected chi connectivity index (χ1v) is 17.2. The number of ether oxygens (including phenoxy) is 1. The van der Waals surface area contributed by atoms with Crippen molar-refractivity contribution in [2.75, 3.05) is 19.7 Å². The maximum Gasteiger partial charge on any atom is 0.279 e. The van der Waals surface area contributed by atoms with Crippen LogP contribution in [0.25, 0.3) is 33.2 Å². The summed E-state index contributed by atoms with van der Waals surface area (Å²) in [5, 5.41) is 24.2. The van der Waals surface area contributed by atoms with Gasteiger partial charge in [-0.2, -0.15) is 0 Å². The van der Waals surface area contributed by atoms with Crippen LogP contribution >= 0.6 is 0 Å². The van der Waals surface area contributed by atoms with Crippen molar-refractivity contribution < 1.29 is 14.9 Å². The van der Waals surface area contributed by atoms with Crippen molar-refractivity contribution in [1.29, 1.82) is 0 Å². The predicted molar refractivity (Wildman–Crippen MR) is 155 cm³/mol. The van der Waals surface area contributed by atoms with Crippen molar-refractivity contribution in [2.24, 2.45) is 0 Å². The molecule has 0 saturated carbocycles. The number of likely N-dealkylation sites (tertiary alicyclic amines) is 1. The highest BCUT2D eigenvalue weighted by Crippen LogP contribution is 2.27. The molecule has 2 aromatic carbocycles. The van der Waals surface area contributed by atoms with Crippen molar-refractivity contribution in [2.45, 2.75) is 64.5 Å². The minimum atomic E-state index is -1.31. The molecule has 0 amide bonds. The molecule has 3 N–H and O–H groups in total. The number of aliphatic hydroxyl groups is 1. The number of aliphatic hydroxyl groups excluding tert-OH is 1. The van der Waals surface area contributed by atoms with Crippen LogP contribution in [0, 0.1) is 0 Å². The van der Waals surface area contributed by atoms with Gasteiger partial charge in [0.2, 0.25) is 0 Å². The molecule has 2 aromatic heterocycles. The van der Waals surface area contributed by atoms with Crippen LogP contribution in [-0.2, 0) is 18.0 Å². The molecule has 1 aliphatic heterocycles. The summed E-state index contributed by atoms with van der Waals surface area (Å²) in [6.07, 6.45) is 0.378. The third-order valence-corrected chi connectivity index (χ3v) is 9.21. The number of β-amino-alcohol motifs (C(OH)–C–C–N with tert-alkyl or cyclic N) is 1. The molecule has 1 saturated heterocycles. The lowest BCUT2D eigenvalue weighted by Crippen LogP contribution is -2.33. The predicted octanol–water partition coefficient (Wildman–Crippen LogP) is 3.18. The van der Waals surface area contributed by atoms with Crippen LogP contribution in [0.2, 0.25) is 25.7 Å². The van der Waals surface area contributed by atoms with E-state index < -0.39 is 8.07 Å². The summed E-state index contributed by atoms with van der Waals surface area (Å²) in [7, 11) is -1.31. The minimum Gasteiger partial charge on any atom is -0.506 e. The third-order valence-electron chi connectivity index (χ3n) is 7.51. The number of rotatable bonds is 9. The number of phenols is 1. The smallest absolute Gasteiger partial charge is 0.279 e. The molecule has 0 radical (unpaired) electrons. The Hall–Kier alpha value is -3.25. The highest BCUT2D eigenvalue weighted by Gasteiger charge is 2.27. The van der Waals surface area contributed by atoms with Crippen LogP contribution in [0.3, 0.4) is 0 Å². The van der Waals surface area contributed by atoms with E-state index in [0.29, 0.717) is 53.7 Å². The van der Waals surface area contributed by atoms with E-state index in [4.69, 9.17) is 4.74 Å². The number of phenolic OH excluding ortho intramolecular Hbond substituents is 1. The lowest BCUT2D eigenvalue weighted by atomic mass is 10.1. The molecule has 0 bridgehead atoms. The molecule has 5 rings (SSSR count). The summed E-state index contributed by atoms with van der Waals surface area (Å²) >= 11 is 0. The number of nitrogens with zero attached hydrogens (tertiary/aromatic N) is 4. The fraction of sp³-hybridized carbons (Fsp3) is 0.464. The van der Waals surface area contributed by atoms with E-state index in [2.05, 4.69) is 41.5 Å². The number of benzene rings is 2. The van der Waals surface area contributed by atoms with Gasteiger partial charge in [-0.05, 0) is 37.6 Å². The van der Waals surface area contributed by atoms with Crippen molar-refractivity contribution in [3.05, 3.63) is 57.1 Å². The number of H-pyrrole nitrogens is 1. The van der Waals surface area contributed by atoms with Crippen molar-refractivity contribution >= 4 is 30.0 Å². The molecule has 0 spiro atoms. The monoisotopic (exact) mass is 551 g/mol. The summed E-state index contributed by atoms with van der Waals surface area (Å²) in [4.78, 5) is 33.8. The number of aromatic nitrogens is 4. The fourth-order valence-electron chi connectivity index (χ4n) is 5.23. The van der Waals surface area contributed by atoms with Crippen LogP contribution in [-0.4, -0.2) is 74.4 Å². The van der Waals surface area contributed by atoms with Crippen LogP contribution in [0.15, 0.2) is 46.0 Å². The molecule has 0 aliphatic carbocycles. The maximum absolute atomic E-state index is 13.8. The van der Waals surface area contributed by atoms with Crippen LogP contribution in [0.1, 0.15) is 13.3 Å². The van der Waals surface area contributed by atoms with Crippen LogP contribution < -0.4 is 11.1 Å². The van der Waals surface area contributed by atoms with Gasteiger partial charge in [0.1, 0.15) is 23.7 Å². The van der Waals surface area contributed by atoms with Gasteiger partial charge in [0.25, 0.3) is 11.1 Å². The van der Waals surface area contributed by atoms with Gasteiger partial charge in [0.15, 0.2) is 0 Å². The zero-order chi connectivity index (χ0) is 27.9. The number of para-hydroxylation sites is 2. The van der Waals surface area contributed by atoms with Gasteiger partial charge in [-0.25, -0.2) is 4.98 Å².